The molecule has 5 atom stereocenters. The van der Waals surface area contributed by atoms with E-state index < -0.39 is 29.6 Å². The molecule has 1 heterocycles. The van der Waals surface area contributed by atoms with Crippen LogP contribution in [-0.4, -0.2) is 46.9 Å². The molecule has 1 saturated heterocycles. The fourth-order valence-electron chi connectivity index (χ4n) is 4.63. The van der Waals surface area contributed by atoms with Crippen LogP contribution in [0.2, 0.25) is 0 Å². The molecule has 3 aliphatic rings. The van der Waals surface area contributed by atoms with Crippen molar-refractivity contribution in [3.05, 3.63) is 0 Å². The van der Waals surface area contributed by atoms with Crippen molar-refractivity contribution in [2.75, 3.05) is 0 Å². The molecule has 142 valence electrons. The molecule has 0 aromatic carbocycles. The lowest BCUT2D eigenvalue weighted by Crippen LogP contribution is -2.57. The van der Waals surface area contributed by atoms with E-state index in [1.165, 1.54) is 20.3 Å². The number of ether oxygens (including phenoxy) is 4. The molecule has 2 saturated carbocycles. The molecule has 1 N–H and O–H groups in total. The Hall–Kier alpha value is -1.18. The van der Waals surface area contributed by atoms with Gasteiger partial charge >= 0.3 is 11.9 Å². The summed E-state index contributed by atoms with van der Waals surface area (Å²) in [4.78, 5) is 23.0. The Bertz CT molecular complexity index is 528. The Morgan fingerprint density at radius 2 is 1.76 bits per heavy atom. The minimum absolute atomic E-state index is 0.00962. The maximum atomic E-state index is 11.7. The minimum Gasteiger partial charge on any atom is -0.452 e. The number of rotatable bonds is 3. The van der Waals surface area contributed by atoms with Gasteiger partial charge in [0.25, 0.3) is 0 Å². The highest BCUT2D eigenvalue weighted by Gasteiger charge is 2.59. The summed E-state index contributed by atoms with van der Waals surface area (Å²) >= 11 is 0. The first kappa shape index (κ1) is 18.6. The standard InChI is InChI=1S/C18H28O7/c1-11-9-17(23-13(3)20,16(21)22-12(2)19)10-14-15(11)25-18(24-14)7-5-4-6-8-18/h11,14-16,21H,4-10H2,1-3H3/t11-,14-,15+,16?,17-/m1/s1. The van der Waals surface area contributed by atoms with E-state index in [1.807, 2.05) is 6.92 Å². The molecule has 1 aliphatic heterocycles. The average Bonchev–Trinajstić information content (AvgIpc) is 2.84. The third-order valence-electron chi connectivity index (χ3n) is 5.55. The quantitative estimate of drug-likeness (QED) is 0.611. The SMILES string of the molecule is CC(=O)OC(O)[C@@]1(OC(C)=O)C[C@@H](C)[C@@H]2OC3(CCCCC3)O[C@@H]2C1. The number of hydrogen-bond acceptors (Lipinski definition) is 7. The number of carbonyl (C=O) groups excluding carboxylic acids is 2. The molecule has 3 fully saturated rings. The number of aliphatic hydroxyl groups is 1. The molecule has 3 rings (SSSR count). The summed E-state index contributed by atoms with van der Waals surface area (Å²) in [7, 11) is 0. The molecule has 0 aromatic rings. The van der Waals surface area contributed by atoms with Crippen molar-refractivity contribution in [1.82, 2.24) is 0 Å². The second-order valence-electron chi connectivity index (χ2n) is 7.72. The highest BCUT2D eigenvalue weighted by atomic mass is 16.8. The van der Waals surface area contributed by atoms with E-state index in [4.69, 9.17) is 18.9 Å². The molecular weight excluding hydrogens is 328 g/mol. The molecule has 7 nitrogen and oxygen atoms in total. The van der Waals surface area contributed by atoms with Gasteiger partial charge in [-0.25, -0.2) is 0 Å². The monoisotopic (exact) mass is 356 g/mol. The van der Waals surface area contributed by atoms with Crippen molar-refractivity contribution in [3.8, 4) is 0 Å². The smallest absolute Gasteiger partial charge is 0.305 e. The molecule has 0 amide bonds. The van der Waals surface area contributed by atoms with Crippen LogP contribution in [0, 0.1) is 5.92 Å². The van der Waals surface area contributed by atoms with Gasteiger partial charge in [-0.1, -0.05) is 13.3 Å². The fourth-order valence-corrected chi connectivity index (χ4v) is 4.63. The van der Waals surface area contributed by atoms with Crippen LogP contribution in [0.3, 0.4) is 0 Å². The summed E-state index contributed by atoms with van der Waals surface area (Å²) in [6, 6.07) is 0. The molecule has 1 spiro atoms. The summed E-state index contributed by atoms with van der Waals surface area (Å²) in [6.07, 6.45) is 3.71. The van der Waals surface area contributed by atoms with Gasteiger partial charge in [0.1, 0.15) is 0 Å². The lowest BCUT2D eigenvalue weighted by atomic mass is 9.75. The molecule has 2 aliphatic carbocycles. The number of aliphatic hydroxyl groups excluding tert-OH is 1. The molecule has 0 aromatic heterocycles. The minimum atomic E-state index is -1.52. The van der Waals surface area contributed by atoms with Gasteiger partial charge in [-0.15, -0.1) is 0 Å². The topological polar surface area (TPSA) is 91.3 Å². The van der Waals surface area contributed by atoms with Crippen LogP contribution >= 0.6 is 0 Å². The first-order valence-corrected chi connectivity index (χ1v) is 9.16. The summed E-state index contributed by atoms with van der Waals surface area (Å²) in [5, 5.41) is 10.5. The van der Waals surface area contributed by atoms with Crippen molar-refractivity contribution in [1.29, 1.82) is 0 Å². The van der Waals surface area contributed by atoms with Crippen molar-refractivity contribution in [2.45, 2.75) is 95.6 Å². The summed E-state index contributed by atoms with van der Waals surface area (Å²) in [6.45, 7) is 4.49. The van der Waals surface area contributed by atoms with Crippen LogP contribution in [0.15, 0.2) is 0 Å². The molecule has 0 bridgehead atoms. The average molecular weight is 356 g/mol. The Morgan fingerprint density at radius 1 is 1.08 bits per heavy atom. The lowest BCUT2D eigenvalue weighted by molar-refractivity contribution is -0.247. The Kier molecular flexibility index (Phi) is 5.10. The Morgan fingerprint density at radius 3 is 2.36 bits per heavy atom. The van der Waals surface area contributed by atoms with Crippen molar-refractivity contribution in [2.24, 2.45) is 5.92 Å². The first-order valence-electron chi connectivity index (χ1n) is 9.16. The normalized spacial score (nSPS) is 38.0. The van der Waals surface area contributed by atoms with Gasteiger partial charge < -0.3 is 24.1 Å². The summed E-state index contributed by atoms with van der Waals surface area (Å²) in [5.41, 5.74) is -1.30. The van der Waals surface area contributed by atoms with Crippen LogP contribution < -0.4 is 0 Å². The van der Waals surface area contributed by atoms with E-state index in [-0.39, 0.29) is 24.5 Å². The van der Waals surface area contributed by atoms with Crippen LogP contribution in [0.4, 0.5) is 0 Å². The van der Waals surface area contributed by atoms with Gasteiger partial charge in [0.15, 0.2) is 11.4 Å². The predicted octanol–water partition coefficient (Wildman–Crippen LogP) is 2.04. The van der Waals surface area contributed by atoms with Gasteiger partial charge in [0.05, 0.1) is 12.2 Å². The number of esters is 2. The van der Waals surface area contributed by atoms with E-state index in [1.54, 1.807) is 0 Å². The van der Waals surface area contributed by atoms with Gasteiger partial charge in [0.2, 0.25) is 6.29 Å². The highest BCUT2D eigenvalue weighted by molar-refractivity contribution is 5.67. The summed E-state index contributed by atoms with van der Waals surface area (Å²) in [5.74, 6) is -1.71. The van der Waals surface area contributed by atoms with E-state index >= 15 is 0 Å². The van der Waals surface area contributed by atoms with Crippen LogP contribution in [0.1, 0.15) is 65.7 Å². The molecule has 0 radical (unpaired) electrons. The fraction of sp³-hybridized carbons (Fsp3) is 0.889. The van der Waals surface area contributed by atoms with Gasteiger partial charge in [-0.3, -0.25) is 9.59 Å². The van der Waals surface area contributed by atoms with E-state index in [0.717, 1.165) is 25.7 Å². The molecule has 25 heavy (non-hydrogen) atoms. The number of carbonyl (C=O) groups is 2. The Labute approximate surface area is 147 Å². The highest BCUT2D eigenvalue weighted by Crippen LogP contribution is 2.50. The number of fused-ring (bicyclic) bond motifs is 1. The number of hydrogen-bond donors (Lipinski definition) is 1. The zero-order chi connectivity index (χ0) is 18.2. The van der Waals surface area contributed by atoms with Gasteiger partial charge in [0, 0.05) is 33.1 Å². The molecule has 7 heteroatoms. The summed E-state index contributed by atoms with van der Waals surface area (Å²) < 4.78 is 23.1. The van der Waals surface area contributed by atoms with E-state index in [9.17, 15) is 14.7 Å². The van der Waals surface area contributed by atoms with Gasteiger partial charge in [-0.05, 0) is 25.2 Å². The van der Waals surface area contributed by atoms with E-state index in [2.05, 4.69) is 0 Å². The van der Waals surface area contributed by atoms with Gasteiger partial charge in [-0.2, -0.15) is 0 Å². The predicted molar refractivity (Wildman–Crippen MR) is 86.2 cm³/mol. The Balaban J connectivity index is 1.82. The third kappa shape index (κ3) is 3.68. The second-order valence-corrected chi connectivity index (χ2v) is 7.72. The maximum Gasteiger partial charge on any atom is 0.305 e. The molecule has 1 unspecified atom stereocenters. The maximum absolute atomic E-state index is 11.7. The van der Waals surface area contributed by atoms with Crippen molar-refractivity contribution >= 4 is 11.9 Å². The van der Waals surface area contributed by atoms with Crippen LogP contribution in [0.25, 0.3) is 0 Å². The lowest BCUT2D eigenvalue weighted by Gasteiger charge is -2.44. The zero-order valence-corrected chi connectivity index (χ0v) is 15.2. The second kappa shape index (κ2) is 6.85. The van der Waals surface area contributed by atoms with Crippen LogP contribution in [-0.2, 0) is 28.5 Å². The van der Waals surface area contributed by atoms with E-state index in [0.29, 0.717) is 6.42 Å². The largest absolute Gasteiger partial charge is 0.452 e. The van der Waals surface area contributed by atoms with Crippen LogP contribution in [0.5, 0.6) is 0 Å². The first-order chi connectivity index (χ1) is 11.8. The van der Waals surface area contributed by atoms with Crippen molar-refractivity contribution < 1.29 is 33.6 Å². The zero-order valence-electron chi connectivity index (χ0n) is 15.2. The van der Waals surface area contributed by atoms with Crippen molar-refractivity contribution in [3.63, 3.8) is 0 Å². The molecular formula is C18H28O7. The third-order valence-corrected chi connectivity index (χ3v) is 5.55.